The number of carbonyl (C=O) groups excluding carboxylic acids is 1. The molecule has 186 valence electrons. The number of halogens is 1. The van der Waals surface area contributed by atoms with Gasteiger partial charge in [-0.15, -0.1) is 0 Å². The van der Waals surface area contributed by atoms with Gasteiger partial charge >= 0.3 is 5.97 Å². The molecule has 2 heterocycles. The number of aromatic nitrogens is 3. The molecule has 2 atom stereocenters. The van der Waals surface area contributed by atoms with E-state index in [1.165, 1.54) is 0 Å². The van der Waals surface area contributed by atoms with Crippen LogP contribution in [0.5, 0.6) is 0 Å². The fourth-order valence-corrected chi connectivity index (χ4v) is 4.05. The summed E-state index contributed by atoms with van der Waals surface area (Å²) in [5.74, 6) is -0.755. The van der Waals surface area contributed by atoms with Crippen LogP contribution in [-0.2, 0) is 16.6 Å². The molecule has 0 aliphatic rings. The van der Waals surface area contributed by atoms with Gasteiger partial charge in [-0.2, -0.15) is 10.4 Å². The lowest BCUT2D eigenvalue weighted by Gasteiger charge is -2.30. The molecular formula is C26H33FN6O2. The fraction of sp³-hybridized carbons (Fsp3) is 0.462. The van der Waals surface area contributed by atoms with E-state index in [-0.39, 0.29) is 47.5 Å². The summed E-state index contributed by atoms with van der Waals surface area (Å²) < 4.78 is 22.2. The third-order valence-corrected chi connectivity index (χ3v) is 5.65. The minimum atomic E-state index is -0.634. The van der Waals surface area contributed by atoms with Gasteiger partial charge in [0.05, 0.1) is 23.7 Å². The van der Waals surface area contributed by atoms with Crippen molar-refractivity contribution in [2.45, 2.75) is 59.6 Å². The van der Waals surface area contributed by atoms with E-state index >= 15 is 0 Å². The first-order valence-corrected chi connectivity index (χ1v) is 11.7. The monoisotopic (exact) mass is 480 g/mol. The number of carbonyl (C=O) groups is 1. The average molecular weight is 481 g/mol. The lowest BCUT2D eigenvalue weighted by molar-refractivity contribution is -0.156. The van der Waals surface area contributed by atoms with Crippen molar-refractivity contribution in [2.75, 3.05) is 10.6 Å². The molecule has 0 radical (unpaired) electrons. The van der Waals surface area contributed by atoms with Crippen LogP contribution in [0.1, 0.15) is 53.5 Å². The highest BCUT2D eigenvalue weighted by molar-refractivity contribution is 5.83. The van der Waals surface area contributed by atoms with Crippen molar-refractivity contribution < 1.29 is 13.9 Å². The number of fused-ring (bicyclic) bond motifs is 1. The van der Waals surface area contributed by atoms with Gasteiger partial charge in [0, 0.05) is 24.2 Å². The van der Waals surface area contributed by atoms with Gasteiger partial charge in [-0.1, -0.05) is 20.8 Å². The molecule has 0 saturated carbocycles. The molecule has 0 spiro atoms. The van der Waals surface area contributed by atoms with Crippen LogP contribution in [0.25, 0.3) is 10.9 Å². The molecule has 0 unspecified atom stereocenters. The maximum Gasteiger partial charge on any atom is 0.306 e. The van der Waals surface area contributed by atoms with Gasteiger partial charge in [0.25, 0.3) is 0 Å². The number of nitrogens with one attached hydrogen (secondary N) is 2. The molecule has 3 aromatic rings. The maximum absolute atomic E-state index is 14.9. The van der Waals surface area contributed by atoms with Crippen LogP contribution in [-0.4, -0.2) is 32.4 Å². The lowest BCUT2D eigenvalue weighted by Crippen LogP contribution is -2.36. The third-order valence-electron chi connectivity index (χ3n) is 5.65. The van der Waals surface area contributed by atoms with E-state index in [2.05, 4.69) is 20.7 Å². The molecule has 2 aromatic heterocycles. The van der Waals surface area contributed by atoms with Crippen LogP contribution >= 0.6 is 0 Å². The first-order valence-electron chi connectivity index (χ1n) is 11.7. The van der Waals surface area contributed by atoms with Gasteiger partial charge in [-0.25, -0.2) is 9.37 Å². The summed E-state index contributed by atoms with van der Waals surface area (Å²) in [4.78, 5) is 16.8. The predicted molar refractivity (Wildman–Crippen MR) is 135 cm³/mol. The lowest BCUT2D eigenvalue weighted by atomic mass is 9.89. The Morgan fingerprint density at radius 3 is 2.57 bits per heavy atom. The summed E-state index contributed by atoms with van der Waals surface area (Å²) in [5, 5.41) is 21.0. The van der Waals surface area contributed by atoms with Crippen molar-refractivity contribution in [3.05, 3.63) is 41.8 Å². The zero-order valence-corrected chi connectivity index (χ0v) is 21.3. The van der Waals surface area contributed by atoms with Gasteiger partial charge in [0.15, 0.2) is 17.5 Å². The number of rotatable bonds is 8. The summed E-state index contributed by atoms with van der Waals surface area (Å²) in [6.07, 6.45) is 1.93. The topological polar surface area (TPSA) is 105 Å². The zero-order chi connectivity index (χ0) is 25.9. The number of hydrogen-bond acceptors (Lipinski definition) is 7. The van der Waals surface area contributed by atoms with Crippen LogP contribution in [0.15, 0.2) is 30.5 Å². The normalized spacial score (nSPS) is 13.4. The van der Waals surface area contributed by atoms with Crippen molar-refractivity contribution in [2.24, 2.45) is 18.9 Å². The molecule has 0 saturated heterocycles. The zero-order valence-electron chi connectivity index (χ0n) is 21.3. The molecular weight excluding hydrogens is 447 g/mol. The van der Waals surface area contributed by atoms with E-state index in [1.54, 1.807) is 10.9 Å². The summed E-state index contributed by atoms with van der Waals surface area (Å²) in [6.45, 7) is 11.4. The third kappa shape index (κ3) is 6.47. The molecule has 0 amide bonds. The Morgan fingerprint density at radius 2 is 1.94 bits per heavy atom. The summed E-state index contributed by atoms with van der Waals surface area (Å²) in [5.41, 5.74) is 1.18. The SMILES string of the molecule is CC(C)[C@@H](Nc1nc(Nc2ccc3c(cnn3C)c2)c(C#N)cc1F)[C@H](C)CC(=O)OC(C)(C)C. The predicted octanol–water partition coefficient (Wildman–Crippen LogP) is 5.53. The Bertz CT molecular complexity index is 1260. The first kappa shape index (κ1) is 25.9. The Morgan fingerprint density at radius 1 is 1.23 bits per heavy atom. The highest BCUT2D eigenvalue weighted by atomic mass is 19.1. The maximum atomic E-state index is 14.9. The Hall–Kier alpha value is -3.67. The molecule has 0 bridgehead atoms. The van der Waals surface area contributed by atoms with Crippen LogP contribution in [0.3, 0.4) is 0 Å². The second kappa shape index (κ2) is 10.3. The largest absolute Gasteiger partial charge is 0.460 e. The first-order chi connectivity index (χ1) is 16.4. The number of anilines is 3. The highest BCUT2D eigenvalue weighted by Gasteiger charge is 2.27. The molecule has 1 aromatic carbocycles. The molecule has 0 aliphatic carbocycles. The Balaban J connectivity index is 1.85. The minimum absolute atomic E-state index is 0.0173. The number of nitrogens with zero attached hydrogens (tertiary/aromatic N) is 4. The average Bonchev–Trinajstić information content (AvgIpc) is 3.11. The van der Waals surface area contributed by atoms with E-state index in [0.29, 0.717) is 5.69 Å². The molecule has 9 heteroatoms. The highest BCUT2D eigenvalue weighted by Crippen LogP contribution is 2.28. The minimum Gasteiger partial charge on any atom is -0.460 e. The molecule has 35 heavy (non-hydrogen) atoms. The molecule has 0 aliphatic heterocycles. The van der Waals surface area contributed by atoms with Crippen molar-refractivity contribution in [3.63, 3.8) is 0 Å². The molecule has 2 N–H and O–H groups in total. The van der Waals surface area contributed by atoms with E-state index in [9.17, 15) is 14.4 Å². The summed E-state index contributed by atoms with van der Waals surface area (Å²) in [6, 6.07) is 8.56. The van der Waals surface area contributed by atoms with Gasteiger partial charge in [-0.3, -0.25) is 9.48 Å². The van der Waals surface area contributed by atoms with Gasteiger partial charge in [0.1, 0.15) is 11.7 Å². The number of ether oxygens (including phenoxy) is 1. The smallest absolute Gasteiger partial charge is 0.306 e. The number of nitriles is 1. The van der Waals surface area contributed by atoms with E-state index in [4.69, 9.17) is 4.74 Å². The summed E-state index contributed by atoms with van der Waals surface area (Å²) >= 11 is 0. The van der Waals surface area contributed by atoms with Gasteiger partial charge in [0.2, 0.25) is 0 Å². The van der Waals surface area contributed by atoms with Gasteiger partial charge in [-0.05, 0) is 56.9 Å². The molecule has 8 nitrogen and oxygen atoms in total. The molecule has 0 fully saturated rings. The van der Waals surface area contributed by atoms with E-state index < -0.39 is 11.4 Å². The Kier molecular flexibility index (Phi) is 7.64. The van der Waals surface area contributed by atoms with Crippen LogP contribution in [0.2, 0.25) is 0 Å². The number of hydrogen-bond donors (Lipinski definition) is 2. The van der Waals surface area contributed by atoms with E-state index in [0.717, 1.165) is 17.0 Å². The van der Waals surface area contributed by atoms with Gasteiger partial charge < -0.3 is 15.4 Å². The van der Waals surface area contributed by atoms with E-state index in [1.807, 2.05) is 72.9 Å². The second-order valence-electron chi connectivity index (χ2n) is 10.2. The number of benzene rings is 1. The van der Waals surface area contributed by atoms with Crippen molar-refractivity contribution in [3.8, 4) is 6.07 Å². The fourth-order valence-electron chi connectivity index (χ4n) is 4.05. The Labute approximate surface area is 205 Å². The molecule has 3 rings (SSSR count). The standard InChI is InChI=1S/C26H33FN6O2/c1-15(2)23(16(3)10-22(34)35-26(4,5)6)31-25-20(27)12-17(13-28)24(32-25)30-19-8-9-21-18(11-19)14-29-33(21)7/h8-9,11-12,14-16,23H,10H2,1-7H3,(H2,30,31,32)/t16-,23-/m1/s1. The number of pyridine rings is 1. The van der Waals surface area contributed by atoms with Crippen LogP contribution < -0.4 is 10.6 Å². The number of aryl methyl sites for hydroxylation is 1. The summed E-state index contributed by atoms with van der Waals surface area (Å²) in [7, 11) is 1.86. The van der Waals surface area contributed by atoms with Crippen molar-refractivity contribution >= 4 is 34.2 Å². The van der Waals surface area contributed by atoms with Crippen LogP contribution in [0.4, 0.5) is 21.7 Å². The quantitative estimate of drug-likeness (QED) is 0.409. The number of esters is 1. The second-order valence-corrected chi connectivity index (χ2v) is 10.2. The van der Waals surface area contributed by atoms with Crippen LogP contribution in [0, 0.1) is 29.0 Å². The van der Waals surface area contributed by atoms with Crippen molar-refractivity contribution in [1.29, 1.82) is 5.26 Å². The van der Waals surface area contributed by atoms with Crippen molar-refractivity contribution in [1.82, 2.24) is 14.8 Å².